The van der Waals surface area contributed by atoms with Crippen LogP contribution < -0.4 is 10.6 Å². The van der Waals surface area contributed by atoms with Gasteiger partial charge in [-0.3, -0.25) is 4.99 Å². The molecule has 1 atom stereocenters. The average molecular weight is 323 g/mol. The number of hydrogen-bond donors (Lipinski definition) is 3. The molecule has 0 fully saturated rings. The van der Waals surface area contributed by atoms with E-state index in [4.69, 9.17) is 5.11 Å². The quantitative estimate of drug-likeness (QED) is 0.458. The van der Waals surface area contributed by atoms with Crippen LogP contribution in [0.3, 0.4) is 0 Å². The molecule has 0 aliphatic carbocycles. The summed E-state index contributed by atoms with van der Waals surface area (Å²) >= 11 is 0. The molecule has 23 heavy (non-hydrogen) atoms. The summed E-state index contributed by atoms with van der Waals surface area (Å²) in [5, 5.41) is 15.6. The highest BCUT2D eigenvalue weighted by atomic mass is 19.1. The fraction of sp³-hybridized carbons (Fsp3) is 0.611. The summed E-state index contributed by atoms with van der Waals surface area (Å²) in [7, 11) is 0. The number of guanidine groups is 1. The molecule has 130 valence electrons. The zero-order valence-corrected chi connectivity index (χ0v) is 14.3. The second kappa shape index (κ2) is 11.9. The minimum absolute atomic E-state index is 0.165. The van der Waals surface area contributed by atoms with Gasteiger partial charge >= 0.3 is 0 Å². The molecule has 4 nitrogen and oxygen atoms in total. The van der Waals surface area contributed by atoms with Crippen LogP contribution in [0.5, 0.6) is 0 Å². The second-order valence-electron chi connectivity index (χ2n) is 5.65. The zero-order chi connectivity index (χ0) is 16.9. The first-order chi connectivity index (χ1) is 11.2. The van der Waals surface area contributed by atoms with Crippen LogP contribution in [-0.4, -0.2) is 37.3 Å². The highest BCUT2D eigenvalue weighted by molar-refractivity contribution is 5.79. The predicted octanol–water partition coefficient (Wildman–Crippen LogP) is 2.72. The zero-order valence-electron chi connectivity index (χ0n) is 14.3. The summed E-state index contributed by atoms with van der Waals surface area (Å²) in [6, 6.07) is 6.84. The lowest BCUT2D eigenvalue weighted by molar-refractivity contribution is 0.253. The van der Waals surface area contributed by atoms with Gasteiger partial charge in [0.15, 0.2) is 5.96 Å². The maximum atomic E-state index is 13.6. The van der Waals surface area contributed by atoms with E-state index in [1.807, 2.05) is 13.0 Å². The van der Waals surface area contributed by atoms with Crippen LogP contribution in [0.4, 0.5) is 4.39 Å². The molecule has 1 aromatic carbocycles. The first kappa shape index (κ1) is 19.4. The second-order valence-corrected chi connectivity index (χ2v) is 5.65. The highest BCUT2D eigenvalue weighted by Gasteiger charge is 2.07. The van der Waals surface area contributed by atoms with Gasteiger partial charge in [-0.2, -0.15) is 0 Å². The molecule has 0 heterocycles. The Kier molecular flexibility index (Phi) is 10.0. The minimum Gasteiger partial charge on any atom is -0.396 e. The number of halogens is 1. The van der Waals surface area contributed by atoms with Crippen molar-refractivity contribution in [3.63, 3.8) is 0 Å². The van der Waals surface area contributed by atoms with Crippen LogP contribution in [0, 0.1) is 11.7 Å². The molecule has 0 amide bonds. The molecular formula is C18H30FN3O. The third-order valence-corrected chi connectivity index (χ3v) is 3.73. The van der Waals surface area contributed by atoms with E-state index in [0.29, 0.717) is 31.0 Å². The molecule has 1 aromatic rings. The molecule has 0 bridgehead atoms. The highest BCUT2D eigenvalue weighted by Crippen LogP contribution is 2.11. The molecule has 0 aliphatic heterocycles. The van der Waals surface area contributed by atoms with Crippen LogP contribution in [-0.2, 0) is 6.42 Å². The van der Waals surface area contributed by atoms with Crippen LogP contribution in [0.1, 0.15) is 38.7 Å². The van der Waals surface area contributed by atoms with Crippen LogP contribution in [0.25, 0.3) is 0 Å². The maximum Gasteiger partial charge on any atom is 0.191 e. The molecule has 0 radical (unpaired) electrons. The monoisotopic (exact) mass is 323 g/mol. The van der Waals surface area contributed by atoms with Gasteiger partial charge in [0.2, 0.25) is 0 Å². The van der Waals surface area contributed by atoms with E-state index in [0.717, 1.165) is 31.8 Å². The number of aliphatic hydroxyl groups excluding tert-OH is 1. The maximum absolute atomic E-state index is 13.6. The van der Waals surface area contributed by atoms with E-state index >= 15 is 0 Å². The van der Waals surface area contributed by atoms with Crippen molar-refractivity contribution < 1.29 is 9.50 Å². The Morgan fingerprint density at radius 2 is 2.00 bits per heavy atom. The van der Waals surface area contributed by atoms with E-state index in [1.54, 1.807) is 12.1 Å². The van der Waals surface area contributed by atoms with Crippen molar-refractivity contribution >= 4 is 5.96 Å². The van der Waals surface area contributed by atoms with E-state index in [9.17, 15) is 4.39 Å². The lowest BCUT2D eigenvalue weighted by Gasteiger charge is -2.15. The van der Waals surface area contributed by atoms with Crippen molar-refractivity contribution in [2.75, 3.05) is 26.2 Å². The Labute approximate surface area is 139 Å². The average Bonchev–Trinajstić information content (AvgIpc) is 2.54. The first-order valence-corrected chi connectivity index (χ1v) is 8.57. The molecule has 3 N–H and O–H groups in total. The number of rotatable bonds is 10. The van der Waals surface area contributed by atoms with Crippen molar-refractivity contribution in [1.29, 1.82) is 0 Å². The Morgan fingerprint density at radius 3 is 2.65 bits per heavy atom. The number of aliphatic imine (C=N–C) groups is 1. The van der Waals surface area contributed by atoms with Gasteiger partial charge in [0.05, 0.1) is 0 Å². The number of aliphatic hydroxyl groups is 1. The van der Waals surface area contributed by atoms with Crippen molar-refractivity contribution in [1.82, 2.24) is 10.6 Å². The number of nitrogens with zero attached hydrogens (tertiary/aromatic N) is 1. The Bertz CT molecular complexity index is 459. The number of benzene rings is 1. The standard InChI is InChI=1S/C18H30FN3O/c1-3-7-15(11-13-23)14-22-18(20-4-2)21-12-10-16-8-5-6-9-17(16)19/h5-6,8-9,15,23H,3-4,7,10-14H2,1-2H3,(H2,20,21,22). The summed E-state index contributed by atoms with van der Waals surface area (Å²) in [6.07, 6.45) is 3.56. The molecule has 5 heteroatoms. The Balaban J connectivity index is 2.49. The topological polar surface area (TPSA) is 56.7 Å². The van der Waals surface area contributed by atoms with Gasteiger partial charge in [0.25, 0.3) is 0 Å². The van der Waals surface area contributed by atoms with Gasteiger partial charge in [0, 0.05) is 26.2 Å². The predicted molar refractivity (Wildman–Crippen MR) is 94.2 cm³/mol. The lowest BCUT2D eigenvalue weighted by Crippen LogP contribution is -2.38. The van der Waals surface area contributed by atoms with Gasteiger partial charge in [-0.1, -0.05) is 31.5 Å². The van der Waals surface area contributed by atoms with E-state index < -0.39 is 0 Å². The van der Waals surface area contributed by atoms with Gasteiger partial charge < -0.3 is 15.7 Å². The smallest absolute Gasteiger partial charge is 0.191 e. The van der Waals surface area contributed by atoms with Gasteiger partial charge in [-0.05, 0) is 43.7 Å². The summed E-state index contributed by atoms with van der Waals surface area (Å²) in [5.74, 6) is 0.997. The first-order valence-electron chi connectivity index (χ1n) is 8.57. The Morgan fingerprint density at radius 1 is 1.22 bits per heavy atom. The minimum atomic E-state index is -0.165. The van der Waals surface area contributed by atoms with Crippen LogP contribution >= 0.6 is 0 Å². The molecule has 0 spiro atoms. The molecule has 0 saturated carbocycles. The largest absolute Gasteiger partial charge is 0.396 e. The summed E-state index contributed by atoms with van der Waals surface area (Å²) in [4.78, 5) is 4.59. The van der Waals surface area contributed by atoms with Crippen molar-refractivity contribution in [2.45, 2.75) is 39.5 Å². The van der Waals surface area contributed by atoms with Gasteiger partial charge in [0.1, 0.15) is 5.82 Å². The Hall–Kier alpha value is -1.62. The third-order valence-electron chi connectivity index (χ3n) is 3.73. The van der Waals surface area contributed by atoms with Crippen LogP contribution in [0.15, 0.2) is 29.3 Å². The SMILES string of the molecule is CCCC(CCO)CN=C(NCC)NCCc1ccccc1F. The van der Waals surface area contributed by atoms with Crippen molar-refractivity contribution in [3.05, 3.63) is 35.6 Å². The van der Waals surface area contributed by atoms with Crippen molar-refractivity contribution in [3.8, 4) is 0 Å². The number of nitrogens with one attached hydrogen (secondary N) is 2. The van der Waals surface area contributed by atoms with E-state index in [1.165, 1.54) is 6.07 Å². The molecule has 0 aromatic heterocycles. The molecule has 0 saturated heterocycles. The van der Waals surface area contributed by atoms with E-state index in [2.05, 4.69) is 22.5 Å². The third kappa shape index (κ3) is 7.98. The normalized spacial score (nSPS) is 13.0. The van der Waals surface area contributed by atoms with Crippen LogP contribution in [0.2, 0.25) is 0 Å². The fourth-order valence-electron chi connectivity index (χ4n) is 2.50. The summed E-state index contributed by atoms with van der Waals surface area (Å²) < 4.78 is 13.6. The van der Waals surface area contributed by atoms with E-state index in [-0.39, 0.29) is 12.4 Å². The molecule has 1 rings (SSSR count). The molecule has 0 aliphatic rings. The lowest BCUT2D eigenvalue weighted by atomic mass is 10.0. The van der Waals surface area contributed by atoms with Crippen molar-refractivity contribution in [2.24, 2.45) is 10.9 Å². The van der Waals surface area contributed by atoms with Gasteiger partial charge in [-0.25, -0.2) is 4.39 Å². The summed E-state index contributed by atoms with van der Waals surface area (Å²) in [6.45, 7) is 6.48. The van der Waals surface area contributed by atoms with Gasteiger partial charge in [-0.15, -0.1) is 0 Å². The molecule has 1 unspecified atom stereocenters. The fourth-order valence-corrected chi connectivity index (χ4v) is 2.50. The summed E-state index contributed by atoms with van der Waals surface area (Å²) in [5.41, 5.74) is 0.708. The molecular weight excluding hydrogens is 293 g/mol. The number of hydrogen-bond acceptors (Lipinski definition) is 2.